The minimum atomic E-state index is 0.705. The van der Waals surface area contributed by atoms with Crippen molar-refractivity contribution >= 4 is 5.95 Å². The van der Waals surface area contributed by atoms with Gasteiger partial charge < -0.3 is 19.4 Å². The van der Waals surface area contributed by atoms with Gasteiger partial charge in [0.15, 0.2) is 0 Å². The Morgan fingerprint density at radius 3 is 3.12 bits per heavy atom. The molecule has 0 saturated carbocycles. The largest absolute Gasteiger partial charge is 0.383 e. The Labute approximate surface area is 102 Å². The normalized spacial score (nSPS) is 17.2. The van der Waals surface area contributed by atoms with Gasteiger partial charge in [0, 0.05) is 45.8 Å². The predicted octanol–water partition coefficient (Wildman–Crippen LogP) is 1.37. The van der Waals surface area contributed by atoms with Crippen LogP contribution in [-0.4, -0.2) is 43.0 Å². The van der Waals surface area contributed by atoms with E-state index in [4.69, 9.17) is 9.47 Å². The second-order valence-electron chi connectivity index (χ2n) is 4.37. The minimum Gasteiger partial charge on any atom is -0.383 e. The Kier molecular flexibility index (Phi) is 4.82. The zero-order chi connectivity index (χ0) is 11.9. The molecule has 5 heteroatoms. The summed E-state index contributed by atoms with van der Waals surface area (Å²) in [4.78, 5) is 4.32. The van der Waals surface area contributed by atoms with Crippen molar-refractivity contribution in [2.45, 2.75) is 19.4 Å². The van der Waals surface area contributed by atoms with Crippen molar-refractivity contribution in [3.63, 3.8) is 0 Å². The van der Waals surface area contributed by atoms with Crippen molar-refractivity contribution in [1.82, 2.24) is 9.55 Å². The van der Waals surface area contributed by atoms with E-state index in [-0.39, 0.29) is 0 Å². The molecule has 0 radical (unpaired) electrons. The van der Waals surface area contributed by atoms with E-state index in [1.807, 2.05) is 12.4 Å². The van der Waals surface area contributed by atoms with Gasteiger partial charge in [-0.2, -0.15) is 0 Å². The van der Waals surface area contributed by atoms with Gasteiger partial charge >= 0.3 is 0 Å². The lowest BCUT2D eigenvalue weighted by Gasteiger charge is -2.22. The third-order valence-electron chi connectivity index (χ3n) is 3.14. The molecule has 0 atom stereocenters. The fraction of sp³-hybridized carbons (Fsp3) is 0.750. The Bertz CT molecular complexity index is 321. The number of anilines is 1. The molecule has 1 N–H and O–H groups in total. The van der Waals surface area contributed by atoms with Crippen LogP contribution in [0.25, 0.3) is 0 Å². The summed E-state index contributed by atoms with van der Waals surface area (Å²) in [7, 11) is 1.71. The molecule has 0 bridgehead atoms. The van der Waals surface area contributed by atoms with Gasteiger partial charge in [-0.3, -0.25) is 0 Å². The SMILES string of the molecule is COCCn1ccnc1NCC1CCOCC1. The zero-order valence-corrected chi connectivity index (χ0v) is 10.4. The molecule has 5 nitrogen and oxygen atoms in total. The van der Waals surface area contributed by atoms with Crippen LogP contribution in [0.3, 0.4) is 0 Å². The Hall–Kier alpha value is -1.07. The molecule has 1 aliphatic rings. The van der Waals surface area contributed by atoms with Crippen LogP contribution >= 0.6 is 0 Å². The molecule has 1 saturated heterocycles. The maximum atomic E-state index is 5.35. The summed E-state index contributed by atoms with van der Waals surface area (Å²) in [6.07, 6.45) is 6.09. The Morgan fingerprint density at radius 1 is 1.53 bits per heavy atom. The maximum Gasteiger partial charge on any atom is 0.202 e. The zero-order valence-electron chi connectivity index (χ0n) is 10.4. The molecule has 0 aliphatic carbocycles. The second kappa shape index (κ2) is 6.61. The predicted molar refractivity (Wildman–Crippen MR) is 66.1 cm³/mol. The van der Waals surface area contributed by atoms with Gasteiger partial charge in [0.1, 0.15) is 0 Å². The molecule has 0 unspecified atom stereocenters. The Morgan fingerprint density at radius 2 is 2.35 bits per heavy atom. The van der Waals surface area contributed by atoms with Gasteiger partial charge in [-0.1, -0.05) is 0 Å². The number of aromatic nitrogens is 2. The second-order valence-corrected chi connectivity index (χ2v) is 4.37. The van der Waals surface area contributed by atoms with E-state index in [9.17, 15) is 0 Å². The molecule has 0 spiro atoms. The van der Waals surface area contributed by atoms with Gasteiger partial charge in [-0.25, -0.2) is 4.98 Å². The smallest absolute Gasteiger partial charge is 0.202 e. The third-order valence-corrected chi connectivity index (χ3v) is 3.14. The summed E-state index contributed by atoms with van der Waals surface area (Å²) in [5.41, 5.74) is 0. The Balaban J connectivity index is 1.79. The standard InChI is InChI=1S/C12H21N3O2/c1-16-9-6-15-5-4-13-12(15)14-10-11-2-7-17-8-3-11/h4-5,11H,2-3,6-10H2,1H3,(H,13,14). The third kappa shape index (κ3) is 3.71. The summed E-state index contributed by atoms with van der Waals surface area (Å²) >= 11 is 0. The highest BCUT2D eigenvalue weighted by Crippen LogP contribution is 2.15. The van der Waals surface area contributed by atoms with E-state index < -0.39 is 0 Å². The van der Waals surface area contributed by atoms with E-state index in [2.05, 4.69) is 14.9 Å². The lowest BCUT2D eigenvalue weighted by molar-refractivity contribution is 0.0699. The van der Waals surface area contributed by atoms with Crippen LogP contribution in [0.2, 0.25) is 0 Å². The monoisotopic (exact) mass is 239 g/mol. The van der Waals surface area contributed by atoms with Gasteiger partial charge in [-0.05, 0) is 18.8 Å². The first-order valence-corrected chi connectivity index (χ1v) is 6.22. The first-order valence-electron chi connectivity index (χ1n) is 6.22. The van der Waals surface area contributed by atoms with Crippen LogP contribution in [0.4, 0.5) is 5.95 Å². The topological polar surface area (TPSA) is 48.3 Å². The lowest BCUT2D eigenvalue weighted by atomic mass is 10.0. The van der Waals surface area contributed by atoms with E-state index in [0.29, 0.717) is 12.5 Å². The van der Waals surface area contributed by atoms with Gasteiger partial charge in [0.2, 0.25) is 5.95 Å². The van der Waals surface area contributed by atoms with E-state index >= 15 is 0 Å². The molecule has 1 aromatic rings. The fourth-order valence-corrected chi connectivity index (χ4v) is 2.03. The fourth-order valence-electron chi connectivity index (χ4n) is 2.03. The first kappa shape index (κ1) is 12.4. The number of ether oxygens (including phenoxy) is 2. The summed E-state index contributed by atoms with van der Waals surface area (Å²) < 4.78 is 12.5. The van der Waals surface area contributed by atoms with Crippen LogP contribution in [-0.2, 0) is 16.0 Å². The van der Waals surface area contributed by atoms with Crippen molar-refractivity contribution < 1.29 is 9.47 Å². The molecule has 0 aromatic carbocycles. The van der Waals surface area contributed by atoms with Crippen LogP contribution < -0.4 is 5.32 Å². The maximum absolute atomic E-state index is 5.35. The molecular formula is C12H21N3O2. The van der Waals surface area contributed by atoms with E-state index in [1.54, 1.807) is 7.11 Å². The quantitative estimate of drug-likeness (QED) is 0.814. The highest BCUT2D eigenvalue weighted by molar-refractivity contribution is 5.25. The molecular weight excluding hydrogens is 218 g/mol. The molecule has 1 fully saturated rings. The summed E-state index contributed by atoms with van der Waals surface area (Å²) in [6.45, 7) is 4.32. The van der Waals surface area contributed by atoms with Crippen LogP contribution in [0.5, 0.6) is 0 Å². The van der Waals surface area contributed by atoms with Gasteiger partial charge in [-0.15, -0.1) is 0 Å². The van der Waals surface area contributed by atoms with Crippen molar-refractivity contribution in [3.05, 3.63) is 12.4 Å². The molecule has 1 aromatic heterocycles. The van der Waals surface area contributed by atoms with Gasteiger partial charge in [0.25, 0.3) is 0 Å². The summed E-state index contributed by atoms with van der Waals surface area (Å²) in [5, 5.41) is 3.41. The number of hydrogen-bond donors (Lipinski definition) is 1. The first-order chi connectivity index (χ1) is 8.40. The van der Waals surface area contributed by atoms with Crippen molar-refractivity contribution in [3.8, 4) is 0 Å². The average molecular weight is 239 g/mol. The van der Waals surface area contributed by atoms with Crippen LogP contribution in [0.15, 0.2) is 12.4 Å². The highest BCUT2D eigenvalue weighted by Gasteiger charge is 2.14. The average Bonchev–Trinajstić information content (AvgIpc) is 2.82. The van der Waals surface area contributed by atoms with E-state index in [1.165, 1.54) is 0 Å². The molecule has 0 amide bonds. The van der Waals surface area contributed by atoms with Crippen molar-refractivity contribution in [2.24, 2.45) is 5.92 Å². The number of nitrogens with one attached hydrogen (secondary N) is 1. The molecule has 2 heterocycles. The summed E-state index contributed by atoms with van der Waals surface area (Å²) in [6, 6.07) is 0. The van der Waals surface area contributed by atoms with Crippen molar-refractivity contribution in [1.29, 1.82) is 0 Å². The number of imidazole rings is 1. The number of rotatable bonds is 6. The molecule has 2 rings (SSSR count). The molecule has 1 aliphatic heterocycles. The molecule has 96 valence electrons. The van der Waals surface area contributed by atoms with Crippen LogP contribution in [0, 0.1) is 5.92 Å². The van der Waals surface area contributed by atoms with Crippen LogP contribution in [0.1, 0.15) is 12.8 Å². The van der Waals surface area contributed by atoms with Gasteiger partial charge in [0.05, 0.1) is 6.61 Å². The number of methoxy groups -OCH3 is 1. The number of hydrogen-bond acceptors (Lipinski definition) is 4. The molecule has 17 heavy (non-hydrogen) atoms. The summed E-state index contributed by atoms with van der Waals surface area (Å²) in [5.74, 6) is 1.64. The lowest BCUT2D eigenvalue weighted by Crippen LogP contribution is -2.23. The van der Waals surface area contributed by atoms with E-state index in [0.717, 1.165) is 45.1 Å². The number of nitrogens with zero attached hydrogens (tertiary/aromatic N) is 2. The highest BCUT2D eigenvalue weighted by atomic mass is 16.5. The minimum absolute atomic E-state index is 0.705. The van der Waals surface area contributed by atoms with Crippen molar-refractivity contribution in [2.75, 3.05) is 38.8 Å².